The van der Waals surface area contributed by atoms with Crippen LogP contribution in [0, 0.1) is 0 Å². The molecular formula is C17H10Cl2F3N3OS. The van der Waals surface area contributed by atoms with Gasteiger partial charge in [0.1, 0.15) is 5.82 Å². The predicted molar refractivity (Wildman–Crippen MR) is 101 cm³/mol. The van der Waals surface area contributed by atoms with Crippen LogP contribution in [0.5, 0.6) is 0 Å². The summed E-state index contributed by atoms with van der Waals surface area (Å²) in [5, 5.41) is 8.33. The second kappa shape index (κ2) is 7.75. The molecule has 0 saturated carbocycles. The zero-order valence-corrected chi connectivity index (χ0v) is 15.6. The maximum absolute atomic E-state index is 12.6. The van der Waals surface area contributed by atoms with Crippen LogP contribution in [0.15, 0.2) is 47.8 Å². The van der Waals surface area contributed by atoms with Crippen molar-refractivity contribution in [3.63, 3.8) is 0 Å². The van der Waals surface area contributed by atoms with Gasteiger partial charge in [-0.3, -0.25) is 4.79 Å². The molecule has 0 aliphatic carbocycles. The van der Waals surface area contributed by atoms with Crippen molar-refractivity contribution >= 4 is 57.1 Å². The Bertz CT molecular complexity index is 954. The largest absolute Gasteiger partial charge is 0.416 e. The van der Waals surface area contributed by atoms with Gasteiger partial charge in [0.15, 0.2) is 5.13 Å². The van der Waals surface area contributed by atoms with Gasteiger partial charge in [-0.25, -0.2) is 4.98 Å². The topological polar surface area (TPSA) is 54.0 Å². The van der Waals surface area contributed by atoms with E-state index in [-0.39, 0.29) is 11.4 Å². The average Bonchev–Trinajstić information content (AvgIpc) is 3.05. The van der Waals surface area contributed by atoms with Crippen molar-refractivity contribution in [1.82, 2.24) is 4.98 Å². The normalized spacial score (nSPS) is 11.3. The number of hydrogen-bond donors (Lipinski definition) is 2. The molecule has 0 radical (unpaired) electrons. The van der Waals surface area contributed by atoms with Gasteiger partial charge in [0.05, 0.1) is 21.3 Å². The second-order valence-corrected chi connectivity index (χ2v) is 6.96. The molecule has 0 bridgehead atoms. The van der Waals surface area contributed by atoms with Crippen LogP contribution in [-0.4, -0.2) is 10.9 Å². The van der Waals surface area contributed by atoms with Crippen molar-refractivity contribution in [1.29, 1.82) is 0 Å². The van der Waals surface area contributed by atoms with Gasteiger partial charge in [0, 0.05) is 10.9 Å². The summed E-state index contributed by atoms with van der Waals surface area (Å²) < 4.78 is 37.7. The minimum Gasteiger partial charge on any atom is -0.329 e. The highest BCUT2D eigenvalue weighted by atomic mass is 35.5. The predicted octanol–water partition coefficient (Wildman–Crippen LogP) is 6.46. The lowest BCUT2D eigenvalue weighted by Crippen LogP contribution is -2.13. The van der Waals surface area contributed by atoms with Crippen molar-refractivity contribution < 1.29 is 18.0 Å². The number of aromatic nitrogens is 1. The van der Waals surface area contributed by atoms with Crippen LogP contribution in [0.4, 0.5) is 29.8 Å². The van der Waals surface area contributed by atoms with Gasteiger partial charge in [-0.1, -0.05) is 29.3 Å². The molecule has 2 N–H and O–H groups in total. The third kappa shape index (κ3) is 4.71. The molecule has 2 aromatic carbocycles. The molecule has 1 heterocycles. The first-order valence-electron chi connectivity index (χ1n) is 7.39. The summed E-state index contributed by atoms with van der Waals surface area (Å²) >= 11 is 13.4. The molecule has 27 heavy (non-hydrogen) atoms. The first-order valence-corrected chi connectivity index (χ1v) is 9.03. The molecule has 3 rings (SSSR count). The molecule has 140 valence electrons. The standard InChI is InChI=1S/C17H10Cl2F3N3OS/c18-11-2-1-3-12(19)14(11)25-16-24-13(8-27-16)23-15(26)9-4-6-10(7-5-9)17(20,21)22/h1-8H,(H,23,26)(H,24,25). The summed E-state index contributed by atoms with van der Waals surface area (Å²) in [6, 6.07) is 8.94. The van der Waals surface area contributed by atoms with Crippen LogP contribution in [0.3, 0.4) is 0 Å². The van der Waals surface area contributed by atoms with E-state index in [9.17, 15) is 18.0 Å². The Morgan fingerprint density at radius 3 is 2.26 bits per heavy atom. The van der Waals surface area contributed by atoms with Gasteiger partial charge in [0.25, 0.3) is 5.91 Å². The number of thiazole rings is 1. The van der Waals surface area contributed by atoms with Crippen LogP contribution in [-0.2, 0) is 6.18 Å². The molecule has 1 amide bonds. The van der Waals surface area contributed by atoms with Crippen LogP contribution in [0.2, 0.25) is 10.0 Å². The van der Waals surface area contributed by atoms with E-state index in [4.69, 9.17) is 23.2 Å². The molecule has 0 unspecified atom stereocenters. The average molecular weight is 432 g/mol. The Labute approximate surface area is 165 Å². The molecule has 0 saturated heterocycles. The van der Waals surface area contributed by atoms with Crippen molar-refractivity contribution in [2.24, 2.45) is 0 Å². The Morgan fingerprint density at radius 1 is 1.04 bits per heavy atom. The van der Waals surface area contributed by atoms with Crippen molar-refractivity contribution in [2.75, 3.05) is 10.6 Å². The molecule has 0 atom stereocenters. The highest BCUT2D eigenvalue weighted by Gasteiger charge is 2.30. The van der Waals surface area contributed by atoms with Crippen LogP contribution >= 0.6 is 34.5 Å². The number of benzene rings is 2. The number of nitrogens with one attached hydrogen (secondary N) is 2. The molecule has 0 aliphatic rings. The van der Waals surface area contributed by atoms with Gasteiger partial charge in [-0.15, -0.1) is 11.3 Å². The first-order chi connectivity index (χ1) is 12.7. The van der Waals surface area contributed by atoms with Gasteiger partial charge in [0.2, 0.25) is 0 Å². The second-order valence-electron chi connectivity index (χ2n) is 5.29. The van der Waals surface area contributed by atoms with E-state index >= 15 is 0 Å². The third-order valence-corrected chi connectivity index (χ3v) is 4.80. The Balaban J connectivity index is 1.69. The SMILES string of the molecule is O=C(Nc1csc(Nc2c(Cl)cccc2Cl)n1)c1ccc(C(F)(F)F)cc1. The molecule has 4 nitrogen and oxygen atoms in total. The lowest BCUT2D eigenvalue weighted by atomic mass is 10.1. The number of rotatable bonds is 4. The van der Waals surface area contributed by atoms with E-state index in [2.05, 4.69) is 15.6 Å². The maximum atomic E-state index is 12.6. The molecule has 0 aliphatic heterocycles. The number of halogens is 5. The third-order valence-electron chi connectivity index (χ3n) is 3.41. The number of anilines is 3. The summed E-state index contributed by atoms with van der Waals surface area (Å²) in [6.07, 6.45) is -4.45. The fourth-order valence-corrected chi connectivity index (χ4v) is 3.25. The molecule has 0 spiro atoms. The van der Waals surface area contributed by atoms with Crippen LogP contribution < -0.4 is 10.6 Å². The van der Waals surface area contributed by atoms with E-state index in [1.165, 1.54) is 11.3 Å². The van der Waals surface area contributed by atoms with Crippen LogP contribution in [0.1, 0.15) is 15.9 Å². The zero-order valence-electron chi connectivity index (χ0n) is 13.3. The Hall–Kier alpha value is -2.29. The minimum atomic E-state index is -4.45. The summed E-state index contributed by atoms with van der Waals surface area (Å²) in [7, 11) is 0. The van der Waals surface area contributed by atoms with Gasteiger partial charge < -0.3 is 10.6 Å². The number of hydrogen-bond acceptors (Lipinski definition) is 4. The first kappa shape index (κ1) is 19.5. The summed E-state index contributed by atoms with van der Waals surface area (Å²) in [5.74, 6) is -0.327. The van der Waals surface area contributed by atoms with E-state index in [1.54, 1.807) is 23.6 Å². The Morgan fingerprint density at radius 2 is 1.67 bits per heavy atom. The lowest BCUT2D eigenvalue weighted by Gasteiger charge is -2.08. The quantitative estimate of drug-likeness (QED) is 0.497. The molecule has 0 fully saturated rings. The fourth-order valence-electron chi connectivity index (χ4n) is 2.11. The van der Waals surface area contributed by atoms with E-state index < -0.39 is 17.6 Å². The van der Waals surface area contributed by atoms with Crippen LogP contribution in [0.25, 0.3) is 0 Å². The monoisotopic (exact) mass is 431 g/mol. The van der Waals surface area contributed by atoms with E-state index in [0.717, 1.165) is 24.3 Å². The smallest absolute Gasteiger partial charge is 0.329 e. The fraction of sp³-hybridized carbons (Fsp3) is 0.0588. The van der Waals surface area contributed by atoms with Crippen molar-refractivity contribution in [3.05, 3.63) is 69.0 Å². The van der Waals surface area contributed by atoms with Crippen molar-refractivity contribution in [3.8, 4) is 0 Å². The molecule has 3 aromatic rings. The van der Waals surface area contributed by atoms with E-state index in [0.29, 0.717) is 20.9 Å². The van der Waals surface area contributed by atoms with Gasteiger partial charge in [-0.2, -0.15) is 13.2 Å². The summed E-state index contributed by atoms with van der Waals surface area (Å²) in [4.78, 5) is 16.3. The number of nitrogens with zero attached hydrogens (tertiary/aromatic N) is 1. The van der Waals surface area contributed by atoms with Gasteiger partial charge >= 0.3 is 6.18 Å². The number of carbonyl (C=O) groups is 1. The zero-order chi connectivity index (χ0) is 19.6. The summed E-state index contributed by atoms with van der Waals surface area (Å²) in [6.45, 7) is 0. The molecule has 10 heteroatoms. The highest BCUT2D eigenvalue weighted by Crippen LogP contribution is 2.34. The van der Waals surface area contributed by atoms with Gasteiger partial charge in [-0.05, 0) is 36.4 Å². The van der Waals surface area contributed by atoms with E-state index in [1.807, 2.05) is 0 Å². The number of carbonyl (C=O) groups excluding carboxylic acids is 1. The molecule has 1 aromatic heterocycles. The Kier molecular flexibility index (Phi) is 5.59. The van der Waals surface area contributed by atoms with Crippen molar-refractivity contribution in [2.45, 2.75) is 6.18 Å². The minimum absolute atomic E-state index is 0.0830. The lowest BCUT2D eigenvalue weighted by molar-refractivity contribution is -0.137. The number of para-hydroxylation sites is 1. The highest BCUT2D eigenvalue weighted by molar-refractivity contribution is 7.14. The number of amides is 1. The molecular weight excluding hydrogens is 422 g/mol. The maximum Gasteiger partial charge on any atom is 0.416 e. The summed E-state index contributed by atoms with van der Waals surface area (Å²) in [5.41, 5.74) is -0.258. The number of alkyl halides is 3.